The van der Waals surface area contributed by atoms with E-state index in [-0.39, 0.29) is 0 Å². The van der Waals surface area contributed by atoms with Crippen LogP contribution in [0.1, 0.15) is 39.5 Å². The topological polar surface area (TPSA) is 25.5 Å². The molecule has 1 atom stereocenters. The zero-order valence-electron chi connectivity index (χ0n) is 12.1. The van der Waals surface area contributed by atoms with Crippen LogP contribution < -0.4 is 15.1 Å². The van der Waals surface area contributed by atoms with Crippen LogP contribution in [-0.4, -0.2) is 52.4 Å². The van der Waals surface area contributed by atoms with Gasteiger partial charge in [0.15, 0.2) is 0 Å². The third kappa shape index (κ3) is 7.02. The molecule has 0 aromatic heterocycles. The van der Waals surface area contributed by atoms with Crippen LogP contribution in [0.2, 0.25) is 0 Å². The first-order valence-corrected chi connectivity index (χ1v) is 7.85. The highest BCUT2D eigenvalue weighted by Crippen LogP contribution is 1.74. The van der Waals surface area contributed by atoms with E-state index < -0.39 is 0 Å². The fraction of sp³-hybridized carbons (Fsp3) is 1.00. The number of quaternary nitrogens is 3. The Morgan fingerprint density at radius 2 is 1.76 bits per heavy atom. The van der Waals surface area contributed by atoms with Crippen LogP contribution in [0, 0.1) is 0 Å². The maximum absolute atomic E-state index is 2.48. The second kappa shape index (κ2) is 9.86. The summed E-state index contributed by atoms with van der Waals surface area (Å²) < 4.78 is 0. The predicted octanol–water partition coefficient (Wildman–Crippen LogP) is -2.07. The lowest BCUT2D eigenvalue weighted by Gasteiger charge is -2.20. The fourth-order valence-corrected chi connectivity index (χ4v) is 2.99. The summed E-state index contributed by atoms with van der Waals surface area (Å²) in [6, 6.07) is 0. The van der Waals surface area contributed by atoms with E-state index in [9.17, 15) is 0 Å². The molecular weight excluding hydrogens is 210 g/mol. The SMILES string of the molecule is CCC[NH+](CCC)CCC[NH+]1CCC[NH2+]CC1. The molecule has 0 saturated carbocycles. The van der Waals surface area contributed by atoms with Crippen molar-refractivity contribution in [2.75, 3.05) is 52.4 Å². The summed E-state index contributed by atoms with van der Waals surface area (Å²) in [5.74, 6) is 0. The Morgan fingerprint density at radius 1 is 1.00 bits per heavy atom. The molecule has 1 fully saturated rings. The Kier molecular flexibility index (Phi) is 8.67. The summed E-state index contributed by atoms with van der Waals surface area (Å²) in [6.07, 6.45) is 5.50. The van der Waals surface area contributed by atoms with Crippen molar-refractivity contribution in [1.29, 1.82) is 0 Å². The van der Waals surface area contributed by atoms with Gasteiger partial charge in [-0.2, -0.15) is 0 Å². The molecule has 3 nitrogen and oxygen atoms in total. The van der Waals surface area contributed by atoms with E-state index in [1.54, 1.807) is 0 Å². The third-order valence-electron chi connectivity index (χ3n) is 3.91. The normalized spacial score (nSPS) is 21.7. The summed E-state index contributed by atoms with van der Waals surface area (Å²) in [7, 11) is 0. The van der Waals surface area contributed by atoms with E-state index in [0.29, 0.717) is 0 Å². The molecule has 17 heavy (non-hydrogen) atoms. The van der Waals surface area contributed by atoms with Gasteiger partial charge in [-0.1, -0.05) is 13.8 Å². The van der Waals surface area contributed by atoms with Gasteiger partial charge >= 0.3 is 0 Å². The highest BCUT2D eigenvalue weighted by Gasteiger charge is 2.14. The van der Waals surface area contributed by atoms with Crippen molar-refractivity contribution in [1.82, 2.24) is 0 Å². The second-order valence-corrected chi connectivity index (χ2v) is 5.57. The van der Waals surface area contributed by atoms with Gasteiger partial charge < -0.3 is 15.1 Å². The lowest BCUT2D eigenvalue weighted by Crippen LogP contribution is -3.15. The molecule has 1 aliphatic heterocycles. The van der Waals surface area contributed by atoms with Gasteiger partial charge in [0, 0.05) is 12.8 Å². The van der Waals surface area contributed by atoms with Gasteiger partial charge in [0.05, 0.1) is 39.3 Å². The third-order valence-corrected chi connectivity index (χ3v) is 3.91. The first kappa shape index (κ1) is 14.9. The monoisotopic (exact) mass is 244 g/mol. The zero-order chi connectivity index (χ0) is 12.3. The Labute approximate surface area is 108 Å². The van der Waals surface area contributed by atoms with Gasteiger partial charge in [0.2, 0.25) is 0 Å². The van der Waals surface area contributed by atoms with Crippen molar-refractivity contribution in [3.05, 3.63) is 0 Å². The Balaban J connectivity index is 2.10. The minimum Gasteiger partial charge on any atom is -0.341 e. The molecule has 1 unspecified atom stereocenters. The number of hydrogen-bond donors (Lipinski definition) is 3. The Bertz CT molecular complexity index is 157. The van der Waals surface area contributed by atoms with E-state index >= 15 is 0 Å². The molecule has 1 heterocycles. The summed E-state index contributed by atoms with van der Waals surface area (Å²) in [5.41, 5.74) is 0. The van der Waals surface area contributed by atoms with Crippen molar-refractivity contribution in [3.8, 4) is 0 Å². The average molecular weight is 244 g/mol. The highest BCUT2D eigenvalue weighted by atomic mass is 15.2. The van der Waals surface area contributed by atoms with E-state index in [1.165, 1.54) is 78.0 Å². The molecule has 0 bridgehead atoms. The van der Waals surface area contributed by atoms with Crippen LogP contribution in [0.25, 0.3) is 0 Å². The maximum Gasteiger partial charge on any atom is 0.127 e. The van der Waals surface area contributed by atoms with E-state index in [4.69, 9.17) is 0 Å². The molecule has 3 heteroatoms. The molecular formula is C14H34N3+3. The molecule has 0 spiro atoms. The number of rotatable bonds is 8. The summed E-state index contributed by atoms with van der Waals surface area (Å²) >= 11 is 0. The lowest BCUT2D eigenvalue weighted by atomic mass is 10.3. The van der Waals surface area contributed by atoms with E-state index in [1.807, 2.05) is 9.80 Å². The van der Waals surface area contributed by atoms with Crippen molar-refractivity contribution in [2.45, 2.75) is 39.5 Å². The molecule has 0 aromatic carbocycles. The molecule has 4 N–H and O–H groups in total. The van der Waals surface area contributed by atoms with Crippen molar-refractivity contribution >= 4 is 0 Å². The molecule has 1 saturated heterocycles. The van der Waals surface area contributed by atoms with Crippen LogP contribution in [-0.2, 0) is 0 Å². The fourth-order valence-electron chi connectivity index (χ4n) is 2.99. The first-order chi connectivity index (χ1) is 8.36. The van der Waals surface area contributed by atoms with Gasteiger partial charge in [-0.25, -0.2) is 0 Å². The van der Waals surface area contributed by atoms with Gasteiger partial charge in [-0.3, -0.25) is 0 Å². The van der Waals surface area contributed by atoms with E-state index in [2.05, 4.69) is 19.2 Å². The predicted molar refractivity (Wildman–Crippen MR) is 72.6 cm³/mol. The lowest BCUT2D eigenvalue weighted by molar-refractivity contribution is -0.921. The maximum atomic E-state index is 2.48. The smallest absolute Gasteiger partial charge is 0.127 e. The van der Waals surface area contributed by atoms with Crippen molar-refractivity contribution < 1.29 is 15.1 Å². The summed E-state index contributed by atoms with van der Waals surface area (Å²) in [6.45, 7) is 15.7. The summed E-state index contributed by atoms with van der Waals surface area (Å²) in [5, 5.41) is 2.48. The van der Waals surface area contributed by atoms with Gasteiger partial charge in [-0.05, 0) is 12.8 Å². The standard InChI is InChI=1S/C14H31N3/c1-3-9-16(10-4-2)12-6-13-17-11-5-7-15-8-14-17/h15H,3-14H2,1-2H3/p+3. The van der Waals surface area contributed by atoms with Crippen molar-refractivity contribution in [2.24, 2.45) is 0 Å². The van der Waals surface area contributed by atoms with Gasteiger partial charge in [-0.15, -0.1) is 0 Å². The number of nitrogens with two attached hydrogens (primary N) is 1. The van der Waals surface area contributed by atoms with Gasteiger partial charge in [0.25, 0.3) is 0 Å². The average Bonchev–Trinajstić information content (AvgIpc) is 2.58. The Morgan fingerprint density at radius 3 is 2.47 bits per heavy atom. The largest absolute Gasteiger partial charge is 0.341 e. The molecule has 102 valence electrons. The second-order valence-electron chi connectivity index (χ2n) is 5.57. The molecule has 1 aliphatic rings. The quantitative estimate of drug-likeness (QED) is 0.438. The minimum atomic E-state index is 1.33. The molecule has 1 rings (SSSR count). The number of nitrogens with one attached hydrogen (secondary N) is 2. The van der Waals surface area contributed by atoms with Crippen LogP contribution >= 0.6 is 0 Å². The number of hydrogen-bond acceptors (Lipinski definition) is 0. The molecule has 0 aliphatic carbocycles. The van der Waals surface area contributed by atoms with Crippen LogP contribution in [0.3, 0.4) is 0 Å². The van der Waals surface area contributed by atoms with Gasteiger partial charge in [0.1, 0.15) is 13.1 Å². The van der Waals surface area contributed by atoms with E-state index in [0.717, 1.165) is 0 Å². The minimum absolute atomic E-state index is 1.33. The van der Waals surface area contributed by atoms with Crippen LogP contribution in [0.4, 0.5) is 0 Å². The molecule has 0 amide bonds. The Hall–Kier alpha value is -0.120. The zero-order valence-corrected chi connectivity index (χ0v) is 12.1. The highest BCUT2D eigenvalue weighted by molar-refractivity contribution is 4.39. The van der Waals surface area contributed by atoms with Crippen LogP contribution in [0.5, 0.6) is 0 Å². The summed E-state index contributed by atoms with van der Waals surface area (Å²) in [4.78, 5) is 3.68. The first-order valence-electron chi connectivity index (χ1n) is 7.85. The molecule has 0 aromatic rings. The van der Waals surface area contributed by atoms with Crippen molar-refractivity contribution in [3.63, 3.8) is 0 Å². The van der Waals surface area contributed by atoms with Crippen LogP contribution in [0.15, 0.2) is 0 Å². The molecule has 0 radical (unpaired) electrons.